The van der Waals surface area contributed by atoms with Crippen molar-refractivity contribution in [2.75, 3.05) is 10.2 Å². The number of hydrazine groups is 1. The van der Waals surface area contributed by atoms with Gasteiger partial charge >= 0.3 is 0 Å². The Bertz CT molecular complexity index is 848. The van der Waals surface area contributed by atoms with Gasteiger partial charge in [0.15, 0.2) is 0 Å². The lowest BCUT2D eigenvalue weighted by Gasteiger charge is -2.23. The maximum atomic E-state index is 6.00. The Balaban J connectivity index is 1.74. The van der Waals surface area contributed by atoms with Gasteiger partial charge in [-0.05, 0) is 48.5 Å². The summed E-state index contributed by atoms with van der Waals surface area (Å²) in [6.45, 7) is 0. The first-order valence-corrected chi connectivity index (χ1v) is 8.08. The monoisotopic (exact) mass is 335 g/mol. The van der Waals surface area contributed by atoms with Crippen LogP contribution in [-0.4, -0.2) is 5.84 Å². The molecule has 5 heteroatoms. The van der Waals surface area contributed by atoms with Crippen molar-refractivity contribution >= 4 is 28.8 Å². The Hall–Kier alpha value is -2.82. The zero-order chi connectivity index (χ0) is 16.4. The number of benzene rings is 3. The van der Waals surface area contributed by atoms with Crippen LogP contribution in [-0.2, 0) is 0 Å². The summed E-state index contributed by atoms with van der Waals surface area (Å²) < 4.78 is 0. The predicted octanol–water partition coefficient (Wildman–Crippen LogP) is 3.42. The van der Waals surface area contributed by atoms with Gasteiger partial charge in [0.2, 0.25) is 0 Å². The predicted molar refractivity (Wildman–Crippen MR) is 97.8 cm³/mol. The van der Waals surface area contributed by atoms with E-state index < -0.39 is 0 Å². The van der Waals surface area contributed by atoms with Gasteiger partial charge < -0.3 is 0 Å². The minimum absolute atomic E-state index is 0.720. The normalized spacial score (nSPS) is 14.0. The first-order valence-electron chi connectivity index (χ1n) is 7.70. The van der Waals surface area contributed by atoms with Crippen molar-refractivity contribution < 1.29 is 5.43 Å². The summed E-state index contributed by atoms with van der Waals surface area (Å²) in [7, 11) is 0. The number of amidine groups is 1. The van der Waals surface area contributed by atoms with Crippen LogP contribution in [0.4, 0.5) is 11.4 Å². The first-order chi connectivity index (χ1) is 11.8. The molecule has 1 aliphatic heterocycles. The van der Waals surface area contributed by atoms with Gasteiger partial charge in [-0.2, -0.15) is 5.43 Å². The quantitative estimate of drug-likeness (QED) is 0.744. The lowest BCUT2D eigenvalue weighted by atomic mass is 10.2. The molecule has 0 saturated heterocycles. The molecule has 1 aliphatic rings. The number of hydrazone groups is 1. The summed E-state index contributed by atoms with van der Waals surface area (Å²) in [5.41, 5.74) is 5.11. The molecule has 1 heterocycles. The third-order valence-electron chi connectivity index (χ3n) is 3.80. The van der Waals surface area contributed by atoms with Gasteiger partial charge in [0.05, 0.1) is 11.3 Å². The number of anilines is 2. The number of hydrogen-bond acceptors (Lipinski definition) is 3. The van der Waals surface area contributed by atoms with Crippen LogP contribution in [0.1, 0.15) is 5.56 Å². The number of rotatable bonds is 3. The van der Waals surface area contributed by atoms with E-state index >= 15 is 0 Å². The van der Waals surface area contributed by atoms with Crippen molar-refractivity contribution in [2.24, 2.45) is 5.10 Å². The topological polar surface area (TPSA) is 35.5 Å². The van der Waals surface area contributed by atoms with Gasteiger partial charge in [0.1, 0.15) is 5.69 Å². The second-order valence-electron chi connectivity index (χ2n) is 5.43. The van der Waals surface area contributed by atoms with Crippen molar-refractivity contribution in [3.63, 3.8) is 0 Å². The van der Waals surface area contributed by atoms with Crippen LogP contribution in [0.5, 0.6) is 0 Å². The van der Waals surface area contributed by atoms with E-state index in [9.17, 15) is 0 Å². The van der Waals surface area contributed by atoms with Gasteiger partial charge in [-0.1, -0.05) is 53.1 Å². The molecule has 0 fully saturated rings. The number of quaternary nitrogens is 1. The molecule has 2 N–H and O–H groups in total. The number of hydrogen-bond donors (Lipinski definition) is 1. The Morgan fingerprint density at radius 1 is 0.708 bits per heavy atom. The highest BCUT2D eigenvalue weighted by Crippen LogP contribution is 2.22. The lowest BCUT2D eigenvalue weighted by molar-refractivity contribution is -0.545. The van der Waals surface area contributed by atoms with E-state index in [1.165, 1.54) is 0 Å². The van der Waals surface area contributed by atoms with Gasteiger partial charge in [0.25, 0.3) is 5.84 Å². The molecule has 4 nitrogen and oxygen atoms in total. The van der Waals surface area contributed by atoms with E-state index in [2.05, 4.69) is 12.1 Å². The molecule has 0 bridgehead atoms. The van der Waals surface area contributed by atoms with E-state index in [4.69, 9.17) is 16.7 Å². The zero-order valence-electron chi connectivity index (χ0n) is 12.9. The summed E-state index contributed by atoms with van der Waals surface area (Å²) in [5.74, 6) is 0.888. The van der Waals surface area contributed by atoms with Crippen molar-refractivity contribution in [1.82, 2.24) is 0 Å². The van der Waals surface area contributed by atoms with E-state index in [1.807, 2.05) is 88.5 Å². The summed E-state index contributed by atoms with van der Waals surface area (Å²) in [5, 5.41) is 9.46. The molecule has 0 spiro atoms. The second kappa shape index (κ2) is 6.35. The van der Waals surface area contributed by atoms with Crippen LogP contribution in [0.3, 0.4) is 0 Å². The summed E-state index contributed by atoms with van der Waals surface area (Å²) in [6, 6.07) is 28.0. The standard InChI is InChI=1S/C19H15ClN4/c20-16-13-11-15(12-14-16)19-21-23(17-7-3-1-4-8-17)24(22-19)18-9-5-2-6-10-18/h1-14H,(H,21,22)/p+1. The highest BCUT2D eigenvalue weighted by atomic mass is 35.5. The van der Waals surface area contributed by atoms with Gasteiger partial charge in [-0.15, -0.1) is 10.2 Å². The van der Waals surface area contributed by atoms with Gasteiger partial charge in [-0.25, -0.2) is 0 Å². The Kier molecular flexibility index (Phi) is 3.91. The highest BCUT2D eigenvalue weighted by molar-refractivity contribution is 6.30. The molecule has 0 saturated carbocycles. The number of halogens is 1. The fourth-order valence-electron chi connectivity index (χ4n) is 2.61. The SMILES string of the molecule is Clc1ccc(C2=NN(c3ccccc3)N(c3ccccc3)[NH2+]2)cc1. The minimum Gasteiger partial charge on any atom is -0.172 e. The van der Waals surface area contributed by atoms with Crippen LogP contribution in [0.25, 0.3) is 0 Å². The number of nitrogens with zero attached hydrogens (tertiary/aromatic N) is 3. The average Bonchev–Trinajstić information content (AvgIpc) is 3.09. The van der Waals surface area contributed by atoms with E-state index in [1.54, 1.807) is 0 Å². The lowest BCUT2D eigenvalue weighted by Crippen LogP contribution is -2.96. The largest absolute Gasteiger partial charge is 0.277 e. The molecule has 0 aromatic heterocycles. The van der Waals surface area contributed by atoms with Crippen LogP contribution in [0.15, 0.2) is 90.0 Å². The molecule has 24 heavy (non-hydrogen) atoms. The molecule has 4 rings (SSSR count). The third-order valence-corrected chi connectivity index (χ3v) is 4.05. The smallest absolute Gasteiger partial charge is 0.172 e. The molecule has 0 aliphatic carbocycles. The average molecular weight is 336 g/mol. The molecule has 0 unspecified atom stereocenters. The van der Waals surface area contributed by atoms with Crippen LogP contribution >= 0.6 is 11.6 Å². The summed E-state index contributed by atoms with van der Waals surface area (Å²) in [6.07, 6.45) is 0. The summed E-state index contributed by atoms with van der Waals surface area (Å²) in [4.78, 5) is 0. The fraction of sp³-hybridized carbons (Fsp3) is 0. The Morgan fingerprint density at radius 3 is 1.92 bits per heavy atom. The van der Waals surface area contributed by atoms with Crippen molar-refractivity contribution in [3.8, 4) is 0 Å². The molecule has 0 radical (unpaired) electrons. The molecule has 0 amide bonds. The van der Waals surface area contributed by atoms with E-state index in [0.29, 0.717) is 0 Å². The second-order valence-corrected chi connectivity index (χ2v) is 5.86. The molecular formula is C19H16ClN4+. The number of para-hydroxylation sites is 2. The molecule has 3 aromatic rings. The highest BCUT2D eigenvalue weighted by Gasteiger charge is 2.30. The zero-order valence-corrected chi connectivity index (χ0v) is 13.6. The van der Waals surface area contributed by atoms with Crippen molar-refractivity contribution in [1.29, 1.82) is 0 Å². The van der Waals surface area contributed by atoms with Crippen LogP contribution < -0.4 is 15.7 Å². The van der Waals surface area contributed by atoms with Gasteiger partial charge in [-0.3, -0.25) is 0 Å². The molecule has 3 aromatic carbocycles. The van der Waals surface area contributed by atoms with Crippen molar-refractivity contribution in [2.45, 2.75) is 0 Å². The van der Waals surface area contributed by atoms with E-state index in [-0.39, 0.29) is 0 Å². The summed E-state index contributed by atoms with van der Waals surface area (Å²) >= 11 is 6.00. The molecule has 0 atom stereocenters. The Morgan fingerprint density at radius 2 is 1.29 bits per heavy atom. The third kappa shape index (κ3) is 2.85. The van der Waals surface area contributed by atoms with Crippen molar-refractivity contribution in [3.05, 3.63) is 95.5 Å². The number of nitrogens with two attached hydrogens (primary N) is 1. The van der Waals surface area contributed by atoms with Gasteiger partial charge in [0, 0.05) is 5.02 Å². The minimum atomic E-state index is 0.720. The van der Waals surface area contributed by atoms with Crippen LogP contribution in [0, 0.1) is 0 Å². The maximum absolute atomic E-state index is 6.00. The fourth-order valence-corrected chi connectivity index (χ4v) is 2.73. The van der Waals surface area contributed by atoms with E-state index in [0.717, 1.165) is 27.8 Å². The molecule has 118 valence electrons. The van der Waals surface area contributed by atoms with Crippen LogP contribution in [0.2, 0.25) is 5.02 Å². The Labute approximate surface area is 145 Å². The molecular weight excluding hydrogens is 320 g/mol. The first kappa shape index (κ1) is 14.8. The maximum Gasteiger partial charge on any atom is 0.277 e.